The van der Waals surface area contributed by atoms with Crippen LogP contribution in [0.2, 0.25) is 0 Å². The Morgan fingerprint density at radius 2 is 1.91 bits per heavy atom. The molecule has 0 bridgehead atoms. The molecule has 0 spiro atoms. The van der Waals surface area contributed by atoms with E-state index >= 15 is 0 Å². The average molecular weight is 318 g/mol. The molecule has 0 aliphatic heterocycles. The lowest BCUT2D eigenvalue weighted by atomic mass is 9.93. The maximum absolute atomic E-state index is 12.6. The standard InChI is InChI=1S/C18H26N2O3/c1-13-8-6-7-9-15(13)12-20(16-10-4-3-5-11-16)18(23)19-14(2)17(21)22/h6-9,14,16H,3-5,10-12H2,1-2H3,(H,19,23)(H,21,22). The molecule has 1 aliphatic rings. The van der Waals surface area contributed by atoms with Crippen molar-refractivity contribution < 1.29 is 14.7 Å². The van der Waals surface area contributed by atoms with Crippen molar-refractivity contribution in [1.29, 1.82) is 0 Å². The van der Waals surface area contributed by atoms with Crippen LogP contribution in [-0.2, 0) is 11.3 Å². The summed E-state index contributed by atoms with van der Waals surface area (Å²) in [5.41, 5.74) is 2.25. The molecule has 1 unspecified atom stereocenters. The van der Waals surface area contributed by atoms with Crippen LogP contribution in [0.15, 0.2) is 24.3 Å². The highest BCUT2D eigenvalue weighted by Gasteiger charge is 2.27. The summed E-state index contributed by atoms with van der Waals surface area (Å²) in [6, 6.07) is 7.03. The lowest BCUT2D eigenvalue weighted by Crippen LogP contribution is -2.50. The van der Waals surface area contributed by atoms with Gasteiger partial charge in [0.05, 0.1) is 0 Å². The van der Waals surface area contributed by atoms with Crippen LogP contribution in [0.4, 0.5) is 4.79 Å². The summed E-state index contributed by atoms with van der Waals surface area (Å²) in [7, 11) is 0. The topological polar surface area (TPSA) is 69.6 Å². The summed E-state index contributed by atoms with van der Waals surface area (Å²) in [6.07, 6.45) is 5.43. The SMILES string of the molecule is Cc1ccccc1CN(C(=O)NC(C)C(=O)O)C1CCCCC1. The maximum atomic E-state index is 12.6. The summed E-state index contributed by atoms with van der Waals surface area (Å²) in [4.78, 5) is 25.5. The fourth-order valence-electron chi connectivity index (χ4n) is 3.06. The van der Waals surface area contributed by atoms with E-state index in [9.17, 15) is 9.59 Å². The molecule has 23 heavy (non-hydrogen) atoms. The van der Waals surface area contributed by atoms with Crippen molar-refractivity contribution in [2.75, 3.05) is 0 Å². The predicted molar refractivity (Wildman–Crippen MR) is 89.2 cm³/mol. The number of nitrogens with zero attached hydrogens (tertiary/aromatic N) is 1. The van der Waals surface area contributed by atoms with E-state index in [0.29, 0.717) is 6.54 Å². The number of benzene rings is 1. The number of hydrogen-bond donors (Lipinski definition) is 2. The lowest BCUT2D eigenvalue weighted by Gasteiger charge is -2.35. The highest BCUT2D eigenvalue weighted by molar-refractivity contribution is 5.82. The normalized spacial score (nSPS) is 16.6. The average Bonchev–Trinajstić information content (AvgIpc) is 2.54. The molecule has 0 radical (unpaired) electrons. The van der Waals surface area contributed by atoms with Gasteiger partial charge in [-0.2, -0.15) is 0 Å². The van der Waals surface area contributed by atoms with E-state index in [1.54, 1.807) is 0 Å². The van der Waals surface area contributed by atoms with E-state index in [-0.39, 0.29) is 12.1 Å². The number of amides is 2. The molecule has 2 N–H and O–H groups in total. The largest absolute Gasteiger partial charge is 0.480 e. The van der Waals surface area contributed by atoms with Gasteiger partial charge in [-0.1, -0.05) is 43.5 Å². The van der Waals surface area contributed by atoms with E-state index in [2.05, 4.69) is 5.32 Å². The van der Waals surface area contributed by atoms with Gasteiger partial charge in [-0.25, -0.2) is 4.79 Å². The van der Waals surface area contributed by atoms with E-state index in [1.165, 1.54) is 13.3 Å². The number of carbonyl (C=O) groups is 2. The van der Waals surface area contributed by atoms with Crippen molar-refractivity contribution in [1.82, 2.24) is 10.2 Å². The Balaban J connectivity index is 2.15. The first-order chi connectivity index (χ1) is 11.0. The van der Waals surface area contributed by atoms with Gasteiger partial charge >= 0.3 is 12.0 Å². The van der Waals surface area contributed by atoms with E-state index < -0.39 is 12.0 Å². The summed E-state index contributed by atoms with van der Waals surface area (Å²) in [5.74, 6) is -1.02. The highest BCUT2D eigenvalue weighted by atomic mass is 16.4. The van der Waals surface area contributed by atoms with Crippen molar-refractivity contribution in [2.45, 2.75) is 64.6 Å². The quantitative estimate of drug-likeness (QED) is 0.875. The molecule has 1 saturated carbocycles. The molecule has 2 amide bonds. The molecule has 0 heterocycles. The maximum Gasteiger partial charge on any atom is 0.325 e. The number of carbonyl (C=O) groups excluding carboxylic acids is 1. The van der Waals surface area contributed by atoms with Crippen LogP contribution in [-0.4, -0.2) is 34.1 Å². The van der Waals surface area contributed by atoms with Crippen LogP contribution >= 0.6 is 0 Å². The molecule has 1 atom stereocenters. The third-order valence-corrected chi connectivity index (χ3v) is 4.59. The molecule has 1 aromatic carbocycles. The lowest BCUT2D eigenvalue weighted by molar-refractivity contribution is -0.138. The van der Waals surface area contributed by atoms with Gasteiger partial charge in [0.25, 0.3) is 0 Å². The Morgan fingerprint density at radius 1 is 1.26 bits per heavy atom. The molecule has 1 fully saturated rings. The number of carboxylic acids is 1. The summed E-state index contributed by atoms with van der Waals surface area (Å²) < 4.78 is 0. The van der Waals surface area contributed by atoms with Gasteiger partial charge in [0.2, 0.25) is 0 Å². The van der Waals surface area contributed by atoms with Crippen molar-refractivity contribution in [2.24, 2.45) is 0 Å². The Labute approximate surface area is 137 Å². The molecular weight excluding hydrogens is 292 g/mol. The first kappa shape index (κ1) is 17.3. The van der Waals surface area contributed by atoms with Crippen molar-refractivity contribution in [3.05, 3.63) is 35.4 Å². The second kappa shape index (κ2) is 7.99. The van der Waals surface area contributed by atoms with Crippen molar-refractivity contribution in [3.8, 4) is 0 Å². The van der Waals surface area contributed by atoms with Crippen molar-refractivity contribution >= 4 is 12.0 Å². The molecule has 5 heteroatoms. The Bertz CT molecular complexity index is 553. The monoisotopic (exact) mass is 318 g/mol. The minimum atomic E-state index is -1.02. The number of nitrogens with one attached hydrogen (secondary N) is 1. The zero-order valence-corrected chi connectivity index (χ0v) is 13.9. The third-order valence-electron chi connectivity index (χ3n) is 4.59. The molecule has 126 valence electrons. The fraction of sp³-hybridized carbons (Fsp3) is 0.556. The van der Waals surface area contributed by atoms with Gasteiger partial charge in [-0.05, 0) is 37.8 Å². The first-order valence-corrected chi connectivity index (χ1v) is 8.33. The molecular formula is C18H26N2O3. The van der Waals surface area contributed by atoms with Crippen LogP contribution < -0.4 is 5.32 Å². The Kier molecular flexibility index (Phi) is 6.02. The number of rotatable bonds is 5. The molecule has 0 aromatic heterocycles. The molecule has 2 rings (SSSR count). The summed E-state index contributed by atoms with van der Waals surface area (Å²) in [5, 5.41) is 11.6. The minimum absolute atomic E-state index is 0.185. The Hall–Kier alpha value is -2.04. The number of carboxylic acid groups (broad SMARTS) is 1. The van der Waals surface area contributed by atoms with E-state index in [4.69, 9.17) is 5.11 Å². The van der Waals surface area contributed by atoms with Gasteiger partial charge < -0.3 is 15.3 Å². The second-order valence-electron chi connectivity index (χ2n) is 6.36. The van der Waals surface area contributed by atoms with Crippen LogP contribution in [0.3, 0.4) is 0 Å². The molecule has 1 aliphatic carbocycles. The Morgan fingerprint density at radius 3 is 2.52 bits per heavy atom. The van der Waals surface area contributed by atoms with E-state index in [1.807, 2.05) is 36.1 Å². The molecule has 0 saturated heterocycles. The zero-order valence-electron chi connectivity index (χ0n) is 13.9. The van der Waals surface area contributed by atoms with Crippen LogP contribution in [0.5, 0.6) is 0 Å². The summed E-state index contributed by atoms with van der Waals surface area (Å²) >= 11 is 0. The van der Waals surface area contributed by atoms with Crippen LogP contribution in [0, 0.1) is 6.92 Å². The number of urea groups is 1. The fourth-order valence-corrected chi connectivity index (χ4v) is 3.06. The summed E-state index contributed by atoms with van der Waals surface area (Å²) in [6.45, 7) is 4.05. The van der Waals surface area contributed by atoms with Gasteiger partial charge in [-0.3, -0.25) is 4.79 Å². The number of aryl methyl sites for hydroxylation is 1. The van der Waals surface area contributed by atoms with Gasteiger partial charge in [0.15, 0.2) is 0 Å². The zero-order chi connectivity index (χ0) is 16.8. The van der Waals surface area contributed by atoms with Gasteiger partial charge in [0, 0.05) is 12.6 Å². The number of hydrogen-bond acceptors (Lipinski definition) is 2. The van der Waals surface area contributed by atoms with Gasteiger partial charge in [-0.15, -0.1) is 0 Å². The second-order valence-corrected chi connectivity index (χ2v) is 6.36. The highest BCUT2D eigenvalue weighted by Crippen LogP contribution is 2.25. The third kappa shape index (κ3) is 4.71. The van der Waals surface area contributed by atoms with Crippen LogP contribution in [0.1, 0.15) is 50.2 Å². The predicted octanol–water partition coefficient (Wildman–Crippen LogP) is 3.31. The first-order valence-electron chi connectivity index (χ1n) is 8.33. The van der Waals surface area contributed by atoms with Crippen molar-refractivity contribution in [3.63, 3.8) is 0 Å². The molecule has 1 aromatic rings. The minimum Gasteiger partial charge on any atom is -0.480 e. The smallest absolute Gasteiger partial charge is 0.325 e. The van der Waals surface area contributed by atoms with E-state index in [0.717, 1.165) is 36.8 Å². The van der Waals surface area contributed by atoms with Crippen LogP contribution in [0.25, 0.3) is 0 Å². The number of aliphatic carboxylic acids is 1. The molecule has 5 nitrogen and oxygen atoms in total. The van der Waals surface area contributed by atoms with Gasteiger partial charge in [0.1, 0.15) is 6.04 Å².